The molecule has 1 heterocycles. The summed E-state index contributed by atoms with van der Waals surface area (Å²) in [4.78, 5) is 2.59. The minimum Gasteiger partial charge on any atom is -0.396 e. The lowest BCUT2D eigenvalue weighted by molar-refractivity contribution is 0.250. The van der Waals surface area contributed by atoms with E-state index in [0.29, 0.717) is 11.4 Å². The van der Waals surface area contributed by atoms with E-state index < -0.39 is 0 Å². The fourth-order valence-electron chi connectivity index (χ4n) is 2.11. The zero-order valence-corrected chi connectivity index (χ0v) is 11.0. The molecule has 0 aromatic rings. The molecule has 0 aromatic heterocycles. The van der Waals surface area contributed by atoms with Crippen molar-refractivity contribution in [3.8, 4) is 0 Å². The fraction of sp³-hybridized carbons (Fsp3) is 1.00. The van der Waals surface area contributed by atoms with Crippen LogP contribution in [0, 0.1) is 0 Å². The molecule has 0 atom stereocenters. The van der Waals surface area contributed by atoms with Gasteiger partial charge >= 0.3 is 0 Å². The normalized spacial score (nSPS) is 21.8. The summed E-state index contributed by atoms with van der Waals surface area (Å²) in [6.45, 7) is 8.78. The largest absolute Gasteiger partial charge is 0.396 e. The molecule has 1 rings (SSSR count). The Balaban J connectivity index is 2.05. The second-order valence-corrected chi connectivity index (χ2v) is 6.82. The van der Waals surface area contributed by atoms with E-state index in [4.69, 9.17) is 5.11 Å². The van der Waals surface area contributed by atoms with Gasteiger partial charge in [0.1, 0.15) is 0 Å². The molecule has 90 valence electrons. The molecule has 2 nitrogen and oxygen atoms in total. The highest BCUT2D eigenvalue weighted by Crippen LogP contribution is 2.29. The van der Waals surface area contributed by atoms with Gasteiger partial charge in [-0.25, -0.2) is 0 Å². The number of nitrogens with zero attached hydrogens (tertiary/aromatic N) is 1. The molecular formula is C12H25NOS. The predicted molar refractivity (Wildman–Crippen MR) is 68.5 cm³/mol. The van der Waals surface area contributed by atoms with Crippen molar-refractivity contribution in [1.82, 2.24) is 4.90 Å². The first kappa shape index (κ1) is 13.3. The minimum atomic E-state index is 0.355. The van der Waals surface area contributed by atoms with Crippen molar-refractivity contribution < 1.29 is 5.11 Å². The van der Waals surface area contributed by atoms with Crippen molar-refractivity contribution in [3.05, 3.63) is 0 Å². The number of aliphatic hydroxyl groups is 1. The number of hydrogen-bond acceptors (Lipinski definition) is 3. The Kier molecular flexibility index (Phi) is 6.02. The molecule has 1 aliphatic heterocycles. The summed E-state index contributed by atoms with van der Waals surface area (Å²) in [6.07, 6.45) is 4.72. The molecule has 0 aliphatic carbocycles. The predicted octanol–water partition coefficient (Wildman–Crippen LogP) is 2.37. The molecule has 1 saturated heterocycles. The molecule has 0 amide bonds. The lowest BCUT2D eigenvalue weighted by Crippen LogP contribution is -2.43. The van der Waals surface area contributed by atoms with Gasteiger partial charge in [0, 0.05) is 30.2 Å². The van der Waals surface area contributed by atoms with Crippen molar-refractivity contribution in [2.45, 2.75) is 44.3 Å². The second-order valence-electron chi connectivity index (χ2n) is 5.02. The summed E-state index contributed by atoms with van der Waals surface area (Å²) in [7, 11) is 0. The van der Waals surface area contributed by atoms with Crippen LogP contribution in [0.3, 0.4) is 0 Å². The van der Waals surface area contributed by atoms with Gasteiger partial charge in [0.15, 0.2) is 0 Å². The van der Waals surface area contributed by atoms with E-state index in [9.17, 15) is 0 Å². The molecular weight excluding hydrogens is 206 g/mol. The van der Waals surface area contributed by atoms with Gasteiger partial charge in [-0.05, 0) is 33.2 Å². The van der Waals surface area contributed by atoms with Crippen molar-refractivity contribution in [1.29, 1.82) is 0 Å². The van der Waals surface area contributed by atoms with Gasteiger partial charge in [-0.3, -0.25) is 0 Å². The molecule has 3 heteroatoms. The van der Waals surface area contributed by atoms with Crippen molar-refractivity contribution in [2.24, 2.45) is 0 Å². The molecule has 0 radical (unpaired) electrons. The van der Waals surface area contributed by atoms with Gasteiger partial charge in [0.05, 0.1) is 0 Å². The van der Waals surface area contributed by atoms with Crippen LogP contribution < -0.4 is 0 Å². The molecule has 0 saturated carbocycles. The zero-order chi connectivity index (χ0) is 11.1. The quantitative estimate of drug-likeness (QED) is 0.710. The van der Waals surface area contributed by atoms with E-state index in [0.717, 1.165) is 6.42 Å². The van der Waals surface area contributed by atoms with Crippen LogP contribution in [0.4, 0.5) is 0 Å². The maximum absolute atomic E-state index is 8.67. The van der Waals surface area contributed by atoms with Crippen LogP contribution in [-0.2, 0) is 0 Å². The first-order valence-electron chi connectivity index (χ1n) is 6.11. The van der Waals surface area contributed by atoms with E-state index in [1.165, 1.54) is 44.6 Å². The van der Waals surface area contributed by atoms with Crippen molar-refractivity contribution in [2.75, 3.05) is 32.0 Å². The van der Waals surface area contributed by atoms with Crippen LogP contribution in [-0.4, -0.2) is 46.7 Å². The Hall–Kier alpha value is 0.270. The lowest BCUT2D eigenvalue weighted by Gasteiger charge is -2.37. The number of rotatable bonds is 6. The Morgan fingerprint density at radius 1 is 1.20 bits per heavy atom. The summed E-state index contributed by atoms with van der Waals surface area (Å²) in [5.74, 6) is 1.28. The Bertz CT molecular complexity index is 173. The highest BCUT2D eigenvalue weighted by atomic mass is 32.2. The molecule has 15 heavy (non-hydrogen) atoms. The third-order valence-electron chi connectivity index (χ3n) is 2.89. The average molecular weight is 231 g/mol. The maximum Gasteiger partial charge on any atom is 0.0431 e. The molecule has 1 N–H and O–H groups in total. The second kappa shape index (κ2) is 6.77. The van der Waals surface area contributed by atoms with Gasteiger partial charge in [-0.1, -0.05) is 12.8 Å². The summed E-state index contributed by atoms with van der Waals surface area (Å²) in [5, 5.41) is 8.67. The van der Waals surface area contributed by atoms with E-state index in [2.05, 4.69) is 30.5 Å². The molecule has 1 fully saturated rings. The standard InChI is InChI=1S/C12H25NOS/c1-12(2)11-13(8-10-15-12)7-5-3-4-6-9-14/h14H,3-11H2,1-2H3. The number of thioether (sulfide) groups is 1. The van der Waals surface area contributed by atoms with Crippen LogP contribution >= 0.6 is 11.8 Å². The Labute approximate surface area is 98.4 Å². The smallest absolute Gasteiger partial charge is 0.0431 e. The third kappa shape index (κ3) is 5.79. The monoisotopic (exact) mass is 231 g/mol. The van der Waals surface area contributed by atoms with Crippen LogP contribution in [0.2, 0.25) is 0 Å². The Morgan fingerprint density at radius 3 is 2.60 bits per heavy atom. The first-order chi connectivity index (χ1) is 7.14. The molecule has 0 unspecified atom stereocenters. The van der Waals surface area contributed by atoms with Gasteiger partial charge < -0.3 is 10.0 Å². The zero-order valence-electron chi connectivity index (χ0n) is 10.2. The van der Waals surface area contributed by atoms with Gasteiger partial charge in [-0.15, -0.1) is 0 Å². The van der Waals surface area contributed by atoms with Crippen LogP contribution in [0.5, 0.6) is 0 Å². The number of unbranched alkanes of at least 4 members (excludes halogenated alkanes) is 3. The first-order valence-corrected chi connectivity index (χ1v) is 7.10. The van der Waals surface area contributed by atoms with Crippen LogP contribution in [0.1, 0.15) is 39.5 Å². The fourth-order valence-corrected chi connectivity index (χ4v) is 3.28. The number of aliphatic hydroxyl groups excluding tert-OH is 1. The van der Waals surface area contributed by atoms with Gasteiger partial charge in [-0.2, -0.15) is 11.8 Å². The van der Waals surface area contributed by atoms with Crippen LogP contribution in [0.25, 0.3) is 0 Å². The van der Waals surface area contributed by atoms with Crippen molar-refractivity contribution in [3.63, 3.8) is 0 Å². The third-order valence-corrected chi connectivity index (χ3v) is 4.18. The van der Waals surface area contributed by atoms with E-state index in [1.807, 2.05) is 0 Å². The van der Waals surface area contributed by atoms with Crippen LogP contribution in [0.15, 0.2) is 0 Å². The Morgan fingerprint density at radius 2 is 1.93 bits per heavy atom. The summed E-state index contributed by atoms with van der Waals surface area (Å²) < 4.78 is 0.448. The molecule has 0 spiro atoms. The van der Waals surface area contributed by atoms with E-state index in [-0.39, 0.29) is 0 Å². The summed E-state index contributed by atoms with van der Waals surface area (Å²) in [6, 6.07) is 0. The SMILES string of the molecule is CC1(C)CN(CCCCCCO)CCS1. The number of hydrogen-bond donors (Lipinski definition) is 1. The minimum absolute atomic E-state index is 0.355. The van der Waals surface area contributed by atoms with Crippen molar-refractivity contribution >= 4 is 11.8 Å². The molecule has 1 aliphatic rings. The van der Waals surface area contributed by atoms with Gasteiger partial charge in [0.25, 0.3) is 0 Å². The van der Waals surface area contributed by atoms with E-state index >= 15 is 0 Å². The lowest BCUT2D eigenvalue weighted by atomic mass is 10.1. The highest BCUT2D eigenvalue weighted by Gasteiger charge is 2.26. The van der Waals surface area contributed by atoms with E-state index in [1.54, 1.807) is 0 Å². The highest BCUT2D eigenvalue weighted by molar-refractivity contribution is 8.00. The summed E-state index contributed by atoms with van der Waals surface area (Å²) in [5.41, 5.74) is 0. The molecule has 0 bridgehead atoms. The molecule has 0 aromatic carbocycles. The average Bonchev–Trinajstić information content (AvgIpc) is 2.16. The maximum atomic E-state index is 8.67. The van der Waals surface area contributed by atoms with Gasteiger partial charge in [0.2, 0.25) is 0 Å². The topological polar surface area (TPSA) is 23.5 Å². The summed E-state index contributed by atoms with van der Waals surface area (Å²) >= 11 is 2.10.